The Morgan fingerprint density at radius 1 is 1.21 bits per heavy atom. The van der Waals surface area contributed by atoms with Crippen LogP contribution in [0, 0.1) is 5.82 Å². The number of aromatic nitrogens is 1. The van der Waals surface area contributed by atoms with Crippen LogP contribution in [0.5, 0.6) is 5.75 Å². The molecule has 2 aromatic rings. The maximum atomic E-state index is 15.3. The Hall–Kier alpha value is -2.81. The van der Waals surface area contributed by atoms with E-state index in [4.69, 9.17) is 5.11 Å². The summed E-state index contributed by atoms with van der Waals surface area (Å²) in [6, 6.07) is 1.24. The van der Waals surface area contributed by atoms with Gasteiger partial charge in [0.05, 0.1) is 28.5 Å². The molecular weight excluding hydrogens is 367 g/mol. The lowest BCUT2D eigenvalue weighted by Crippen LogP contribution is -2.46. The highest BCUT2D eigenvalue weighted by Gasteiger charge is 2.32. The fraction of sp³-hybridized carbons (Fsp3) is 0.474. The molecule has 1 N–H and O–H groups in total. The summed E-state index contributed by atoms with van der Waals surface area (Å²) in [5, 5.41) is 9.04. The molecule has 1 saturated heterocycles. The number of pyridine rings is 1. The van der Waals surface area contributed by atoms with Crippen LogP contribution in [0.25, 0.3) is 10.9 Å². The maximum Gasteiger partial charge on any atom is 0.511 e. The molecule has 1 fully saturated rings. The molecule has 150 valence electrons. The van der Waals surface area contributed by atoms with E-state index in [1.54, 1.807) is 4.57 Å². The predicted octanol–water partition coefficient (Wildman–Crippen LogP) is 1.79. The number of benzene rings is 1. The molecular formula is C19H23FN4O4. The van der Waals surface area contributed by atoms with Crippen LogP contribution in [0.15, 0.2) is 17.1 Å². The SMILES string of the molecule is C[C@@H]1Cn2cc(OC(=O)O)c(=O)c3cc(F)c(N4CCN(C)CC4)c(c32)N1C. The summed E-state index contributed by atoms with van der Waals surface area (Å²) in [7, 11) is 3.93. The summed E-state index contributed by atoms with van der Waals surface area (Å²) in [6.07, 6.45) is -0.155. The Bertz CT molecular complexity index is 1010. The van der Waals surface area contributed by atoms with E-state index < -0.39 is 17.4 Å². The Balaban J connectivity index is 1.99. The molecule has 1 atom stereocenters. The van der Waals surface area contributed by atoms with Crippen molar-refractivity contribution >= 4 is 28.4 Å². The third-order valence-electron chi connectivity index (χ3n) is 5.72. The van der Waals surface area contributed by atoms with Crippen molar-refractivity contribution in [3.8, 4) is 5.75 Å². The molecule has 0 unspecified atom stereocenters. The lowest BCUT2D eigenvalue weighted by Gasteiger charge is -2.41. The molecule has 1 aromatic heterocycles. The third kappa shape index (κ3) is 2.86. The molecule has 3 heterocycles. The number of carbonyl (C=O) groups is 1. The topological polar surface area (TPSA) is 78.2 Å². The van der Waals surface area contributed by atoms with Crippen LogP contribution >= 0.6 is 0 Å². The van der Waals surface area contributed by atoms with Gasteiger partial charge < -0.3 is 29.1 Å². The minimum absolute atomic E-state index is 0.0314. The Labute approximate surface area is 161 Å². The van der Waals surface area contributed by atoms with Gasteiger partial charge >= 0.3 is 6.16 Å². The first kappa shape index (κ1) is 18.5. The van der Waals surface area contributed by atoms with Crippen LogP contribution in [0.4, 0.5) is 20.6 Å². The number of hydrogen-bond donors (Lipinski definition) is 1. The molecule has 2 aliphatic rings. The van der Waals surface area contributed by atoms with Gasteiger partial charge in [-0.3, -0.25) is 4.79 Å². The minimum atomic E-state index is -1.57. The van der Waals surface area contributed by atoms with E-state index in [-0.39, 0.29) is 17.2 Å². The number of anilines is 2. The summed E-state index contributed by atoms with van der Waals surface area (Å²) >= 11 is 0. The fourth-order valence-corrected chi connectivity index (χ4v) is 4.08. The highest BCUT2D eigenvalue weighted by atomic mass is 19.1. The molecule has 0 amide bonds. The van der Waals surface area contributed by atoms with Crippen molar-refractivity contribution in [3.63, 3.8) is 0 Å². The summed E-state index contributed by atoms with van der Waals surface area (Å²) in [5.74, 6) is -0.793. The average molecular weight is 390 g/mol. The molecule has 0 radical (unpaired) electrons. The van der Waals surface area contributed by atoms with Crippen molar-refractivity contribution in [3.05, 3.63) is 28.3 Å². The van der Waals surface area contributed by atoms with Gasteiger partial charge in [-0.05, 0) is 20.0 Å². The molecule has 0 saturated carbocycles. The summed E-state index contributed by atoms with van der Waals surface area (Å²) in [5.41, 5.74) is 1.15. The quantitative estimate of drug-likeness (QED) is 0.784. The number of carboxylic acid groups (broad SMARTS) is 1. The highest BCUT2D eigenvalue weighted by Crippen LogP contribution is 2.42. The smallest absolute Gasteiger partial charge is 0.449 e. The number of rotatable bonds is 2. The Morgan fingerprint density at radius 3 is 2.54 bits per heavy atom. The van der Waals surface area contributed by atoms with E-state index in [1.807, 2.05) is 30.8 Å². The lowest BCUT2D eigenvalue weighted by atomic mass is 10.0. The van der Waals surface area contributed by atoms with Gasteiger partial charge in [-0.25, -0.2) is 9.18 Å². The van der Waals surface area contributed by atoms with E-state index >= 15 is 4.39 Å². The second-order valence-electron chi connectivity index (χ2n) is 7.54. The minimum Gasteiger partial charge on any atom is -0.449 e. The molecule has 0 spiro atoms. The molecule has 0 bridgehead atoms. The number of hydrogen-bond acceptors (Lipinski definition) is 6. The monoisotopic (exact) mass is 390 g/mol. The van der Waals surface area contributed by atoms with Crippen LogP contribution in [0.1, 0.15) is 6.92 Å². The van der Waals surface area contributed by atoms with Crippen LogP contribution in [-0.2, 0) is 6.54 Å². The summed E-state index contributed by atoms with van der Waals surface area (Å²) in [6.45, 7) is 5.58. The van der Waals surface area contributed by atoms with Gasteiger partial charge in [0.1, 0.15) is 5.82 Å². The zero-order chi connectivity index (χ0) is 20.2. The van der Waals surface area contributed by atoms with Gasteiger partial charge in [0.2, 0.25) is 5.43 Å². The summed E-state index contributed by atoms with van der Waals surface area (Å²) < 4.78 is 21.7. The number of ether oxygens (including phenoxy) is 1. The van der Waals surface area contributed by atoms with E-state index in [0.29, 0.717) is 36.5 Å². The molecule has 4 rings (SSSR count). The zero-order valence-corrected chi connectivity index (χ0v) is 16.1. The van der Waals surface area contributed by atoms with Gasteiger partial charge in [0.15, 0.2) is 5.75 Å². The van der Waals surface area contributed by atoms with E-state index in [9.17, 15) is 9.59 Å². The van der Waals surface area contributed by atoms with Gasteiger partial charge in [0, 0.05) is 45.8 Å². The fourth-order valence-electron chi connectivity index (χ4n) is 4.08. The number of likely N-dealkylation sites (N-methyl/N-ethyl adjacent to an activating group) is 2. The largest absolute Gasteiger partial charge is 0.511 e. The predicted molar refractivity (Wildman–Crippen MR) is 104 cm³/mol. The highest BCUT2D eigenvalue weighted by molar-refractivity contribution is 6.00. The average Bonchev–Trinajstić information content (AvgIpc) is 2.63. The second-order valence-corrected chi connectivity index (χ2v) is 7.54. The lowest BCUT2D eigenvalue weighted by molar-refractivity contribution is 0.143. The van der Waals surface area contributed by atoms with Crippen LogP contribution < -0.4 is 20.0 Å². The van der Waals surface area contributed by atoms with Crippen LogP contribution in [0.3, 0.4) is 0 Å². The molecule has 9 heteroatoms. The number of halogens is 1. The normalized spacial score (nSPS) is 19.9. The Morgan fingerprint density at radius 2 is 1.89 bits per heavy atom. The van der Waals surface area contributed by atoms with Crippen molar-refractivity contribution in [2.45, 2.75) is 19.5 Å². The van der Waals surface area contributed by atoms with Crippen molar-refractivity contribution < 1.29 is 19.0 Å². The van der Waals surface area contributed by atoms with Crippen molar-refractivity contribution in [1.82, 2.24) is 9.47 Å². The van der Waals surface area contributed by atoms with Crippen molar-refractivity contribution in [1.29, 1.82) is 0 Å². The van der Waals surface area contributed by atoms with Gasteiger partial charge in [0.25, 0.3) is 0 Å². The van der Waals surface area contributed by atoms with E-state index in [0.717, 1.165) is 13.1 Å². The van der Waals surface area contributed by atoms with E-state index in [1.165, 1.54) is 12.3 Å². The first-order valence-corrected chi connectivity index (χ1v) is 9.24. The first-order chi connectivity index (χ1) is 13.3. The van der Waals surface area contributed by atoms with Crippen molar-refractivity contribution in [2.24, 2.45) is 0 Å². The standard InChI is InChI=1S/C19H23FN4O4/c1-11-9-24-10-14(28-19(26)27)18(25)12-8-13(20)16(17(15(12)24)22(11)3)23-6-4-21(2)5-7-23/h8,10-11H,4-7,9H2,1-3H3,(H,26,27)/t11-/m1/s1. The van der Waals surface area contributed by atoms with E-state index in [2.05, 4.69) is 9.64 Å². The molecule has 0 aliphatic carbocycles. The number of piperazine rings is 1. The molecule has 28 heavy (non-hydrogen) atoms. The van der Waals surface area contributed by atoms with Gasteiger partial charge in [-0.15, -0.1) is 0 Å². The summed E-state index contributed by atoms with van der Waals surface area (Å²) in [4.78, 5) is 29.9. The van der Waals surface area contributed by atoms with Crippen LogP contribution in [0.2, 0.25) is 0 Å². The van der Waals surface area contributed by atoms with Gasteiger partial charge in [-0.1, -0.05) is 0 Å². The molecule has 8 nitrogen and oxygen atoms in total. The van der Waals surface area contributed by atoms with Crippen LogP contribution in [-0.4, -0.2) is 67.0 Å². The molecule has 1 aromatic carbocycles. The molecule has 2 aliphatic heterocycles. The zero-order valence-electron chi connectivity index (χ0n) is 16.1. The first-order valence-electron chi connectivity index (χ1n) is 9.24. The van der Waals surface area contributed by atoms with Gasteiger partial charge in [-0.2, -0.15) is 0 Å². The van der Waals surface area contributed by atoms with Crippen molar-refractivity contribution in [2.75, 3.05) is 50.1 Å². The third-order valence-corrected chi connectivity index (χ3v) is 5.72. The Kier molecular flexibility index (Phi) is 4.41. The number of nitrogens with zero attached hydrogens (tertiary/aromatic N) is 4. The second kappa shape index (κ2) is 6.66. The maximum absolute atomic E-state index is 15.3.